The second kappa shape index (κ2) is 6.81. The average Bonchev–Trinajstić information content (AvgIpc) is 3.18. The number of ether oxygens (including phenoxy) is 1. The summed E-state index contributed by atoms with van der Waals surface area (Å²) in [6.07, 6.45) is 1.36. The Morgan fingerprint density at radius 2 is 1.81 bits per heavy atom. The van der Waals surface area contributed by atoms with Crippen LogP contribution in [0.1, 0.15) is 0 Å². The van der Waals surface area contributed by atoms with Crippen molar-refractivity contribution in [1.82, 2.24) is 25.0 Å². The molecule has 7 nitrogen and oxygen atoms in total. The third-order valence-corrected chi connectivity index (χ3v) is 3.83. The largest absolute Gasteiger partial charge is 0.455 e. The molecule has 0 aliphatic rings. The van der Waals surface area contributed by atoms with Gasteiger partial charge in [0.25, 0.3) is 5.56 Å². The van der Waals surface area contributed by atoms with Gasteiger partial charge in [0.15, 0.2) is 17.3 Å². The monoisotopic (exact) mass is 365 g/mol. The standard InChI is InChI=1S/C18H12ClN5O2/c19-12-6-8-13(9-7-12)24-16(25)10-15(26-14-4-2-1-3-5-14)17(23-24)18-20-11-21-22-18/h1-11H,(H,20,21,22). The number of nitrogens with zero attached hydrogens (tertiary/aromatic N) is 4. The lowest BCUT2D eigenvalue weighted by molar-refractivity contribution is 0.477. The van der Waals surface area contributed by atoms with Gasteiger partial charge in [-0.1, -0.05) is 29.8 Å². The maximum Gasteiger partial charge on any atom is 0.275 e. The van der Waals surface area contributed by atoms with Crippen LogP contribution in [0.3, 0.4) is 0 Å². The predicted molar refractivity (Wildman–Crippen MR) is 96.7 cm³/mol. The normalized spacial score (nSPS) is 10.7. The van der Waals surface area contributed by atoms with Gasteiger partial charge in [-0.05, 0) is 36.4 Å². The molecule has 2 aromatic carbocycles. The summed E-state index contributed by atoms with van der Waals surface area (Å²) in [4.78, 5) is 16.7. The number of nitrogens with one attached hydrogen (secondary N) is 1. The van der Waals surface area contributed by atoms with Gasteiger partial charge in [-0.25, -0.2) is 4.98 Å². The Labute approximate surface area is 152 Å². The van der Waals surface area contributed by atoms with Crippen LogP contribution in [0, 0.1) is 0 Å². The second-order valence-corrected chi connectivity index (χ2v) is 5.77. The number of hydrogen-bond acceptors (Lipinski definition) is 5. The topological polar surface area (TPSA) is 85.7 Å². The van der Waals surface area contributed by atoms with E-state index in [1.54, 1.807) is 36.4 Å². The molecule has 0 aliphatic heterocycles. The number of benzene rings is 2. The van der Waals surface area contributed by atoms with E-state index in [9.17, 15) is 4.79 Å². The lowest BCUT2D eigenvalue weighted by Gasteiger charge is -2.11. The van der Waals surface area contributed by atoms with E-state index >= 15 is 0 Å². The van der Waals surface area contributed by atoms with Crippen LogP contribution < -0.4 is 10.3 Å². The zero-order valence-electron chi connectivity index (χ0n) is 13.3. The quantitative estimate of drug-likeness (QED) is 0.598. The first-order valence-corrected chi connectivity index (χ1v) is 8.07. The van der Waals surface area contributed by atoms with Gasteiger partial charge >= 0.3 is 0 Å². The SMILES string of the molecule is O=c1cc(Oc2ccccc2)c(-c2ncn[nH]2)nn1-c1ccc(Cl)cc1. The molecule has 2 aromatic heterocycles. The number of aromatic amines is 1. The van der Waals surface area contributed by atoms with E-state index in [4.69, 9.17) is 16.3 Å². The lowest BCUT2D eigenvalue weighted by atomic mass is 10.3. The zero-order valence-corrected chi connectivity index (χ0v) is 14.1. The fourth-order valence-electron chi connectivity index (χ4n) is 2.38. The number of halogens is 1. The van der Waals surface area contributed by atoms with Crippen molar-refractivity contribution in [3.8, 4) is 28.7 Å². The molecule has 128 valence electrons. The van der Waals surface area contributed by atoms with Crippen LogP contribution in [0.15, 0.2) is 71.8 Å². The molecular formula is C18H12ClN5O2. The highest BCUT2D eigenvalue weighted by molar-refractivity contribution is 6.30. The van der Waals surface area contributed by atoms with Gasteiger partial charge in [0, 0.05) is 5.02 Å². The summed E-state index contributed by atoms with van der Waals surface area (Å²) < 4.78 is 7.10. The summed E-state index contributed by atoms with van der Waals surface area (Å²) in [5.41, 5.74) is 0.592. The first kappa shape index (κ1) is 16.0. The van der Waals surface area contributed by atoms with Crippen LogP contribution in [-0.2, 0) is 0 Å². The van der Waals surface area contributed by atoms with Crippen LogP contribution in [0.2, 0.25) is 5.02 Å². The molecule has 4 rings (SSSR count). The van der Waals surface area contributed by atoms with E-state index in [0.717, 1.165) is 0 Å². The summed E-state index contributed by atoms with van der Waals surface area (Å²) in [5.74, 6) is 1.25. The van der Waals surface area contributed by atoms with Crippen molar-refractivity contribution in [2.45, 2.75) is 0 Å². The molecule has 0 atom stereocenters. The van der Waals surface area contributed by atoms with Crippen molar-refractivity contribution in [3.05, 3.63) is 82.4 Å². The van der Waals surface area contributed by atoms with Gasteiger partial charge < -0.3 is 4.74 Å². The van der Waals surface area contributed by atoms with E-state index < -0.39 is 0 Å². The number of para-hydroxylation sites is 1. The molecule has 0 radical (unpaired) electrons. The van der Waals surface area contributed by atoms with Crippen LogP contribution in [-0.4, -0.2) is 25.0 Å². The summed E-state index contributed by atoms with van der Waals surface area (Å²) in [7, 11) is 0. The Morgan fingerprint density at radius 1 is 1.04 bits per heavy atom. The molecule has 0 amide bonds. The van der Waals surface area contributed by atoms with E-state index in [1.807, 2.05) is 18.2 Å². The first-order chi connectivity index (χ1) is 12.7. The van der Waals surface area contributed by atoms with E-state index in [1.165, 1.54) is 17.1 Å². The highest BCUT2D eigenvalue weighted by Crippen LogP contribution is 2.28. The summed E-state index contributed by atoms with van der Waals surface area (Å²) >= 11 is 5.92. The van der Waals surface area contributed by atoms with Gasteiger partial charge in [-0.15, -0.1) is 0 Å². The van der Waals surface area contributed by atoms with Gasteiger partial charge in [0.1, 0.15) is 12.1 Å². The summed E-state index contributed by atoms with van der Waals surface area (Å²) in [6.45, 7) is 0. The highest BCUT2D eigenvalue weighted by Gasteiger charge is 2.16. The molecule has 0 bridgehead atoms. The van der Waals surface area contributed by atoms with Crippen LogP contribution in [0.5, 0.6) is 11.5 Å². The Bertz CT molecular complexity index is 1080. The number of rotatable bonds is 4. The van der Waals surface area contributed by atoms with Crippen LogP contribution in [0.4, 0.5) is 0 Å². The highest BCUT2D eigenvalue weighted by atomic mass is 35.5. The van der Waals surface area contributed by atoms with Crippen LogP contribution >= 0.6 is 11.6 Å². The third-order valence-electron chi connectivity index (χ3n) is 3.58. The van der Waals surface area contributed by atoms with Crippen molar-refractivity contribution >= 4 is 11.6 Å². The molecule has 0 aliphatic carbocycles. The molecule has 0 fully saturated rings. The molecule has 4 aromatic rings. The van der Waals surface area contributed by atoms with Crippen LogP contribution in [0.25, 0.3) is 17.2 Å². The Hall–Kier alpha value is -3.45. The van der Waals surface area contributed by atoms with Gasteiger partial charge in [-0.3, -0.25) is 9.89 Å². The predicted octanol–water partition coefficient (Wildman–Crippen LogP) is 3.46. The Kier molecular flexibility index (Phi) is 4.20. The Morgan fingerprint density at radius 3 is 2.50 bits per heavy atom. The molecule has 0 saturated carbocycles. The fourth-order valence-corrected chi connectivity index (χ4v) is 2.51. The van der Waals surface area contributed by atoms with E-state index in [-0.39, 0.29) is 11.3 Å². The minimum absolute atomic E-state index is 0.281. The summed E-state index contributed by atoms with van der Waals surface area (Å²) in [5, 5.41) is 11.6. The zero-order chi connectivity index (χ0) is 17.9. The van der Waals surface area contributed by atoms with Crippen molar-refractivity contribution in [1.29, 1.82) is 0 Å². The molecular weight excluding hydrogens is 354 g/mol. The lowest BCUT2D eigenvalue weighted by Crippen LogP contribution is -2.21. The smallest absolute Gasteiger partial charge is 0.275 e. The molecule has 2 heterocycles. The molecule has 0 spiro atoms. The minimum atomic E-state index is -0.346. The molecule has 26 heavy (non-hydrogen) atoms. The maximum absolute atomic E-state index is 12.6. The van der Waals surface area contributed by atoms with Crippen molar-refractivity contribution < 1.29 is 4.74 Å². The molecule has 8 heteroatoms. The van der Waals surface area contributed by atoms with Gasteiger partial charge in [-0.2, -0.15) is 14.9 Å². The minimum Gasteiger partial charge on any atom is -0.455 e. The average molecular weight is 366 g/mol. The van der Waals surface area contributed by atoms with Gasteiger partial charge in [0.2, 0.25) is 0 Å². The maximum atomic E-state index is 12.6. The van der Waals surface area contributed by atoms with Crippen molar-refractivity contribution in [2.75, 3.05) is 0 Å². The van der Waals surface area contributed by atoms with E-state index in [2.05, 4.69) is 20.3 Å². The first-order valence-electron chi connectivity index (χ1n) is 7.70. The van der Waals surface area contributed by atoms with Crippen molar-refractivity contribution in [3.63, 3.8) is 0 Å². The number of hydrogen-bond donors (Lipinski definition) is 1. The fraction of sp³-hybridized carbons (Fsp3) is 0. The van der Waals surface area contributed by atoms with E-state index in [0.29, 0.717) is 28.0 Å². The molecule has 0 saturated heterocycles. The third kappa shape index (κ3) is 3.20. The molecule has 1 N–H and O–H groups in total. The van der Waals surface area contributed by atoms with Gasteiger partial charge in [0.05, 0.1) is 11.8 Å². The second-order valence-electron chi connectivity index (χ2n) is 5.33. The Balaban J connectivity index is 1.85. The molecule has 0 unspecified atom stereocenters. The number of aromatic nitrogens is 5. The van der Waals surface area contributed by atoms with Crippen molar-refractivity contribution in [2.24, 2.45) is 0 Å². The number of H-pyrrole nitrogens is 1. The summed E-state index contributed by atoms with van der Waals surface area (Å²) in [6, 6.07) is 17.3.